The number of carbonyl (C=O) groups is 2. The van der Waals surface area contributed by atoms with Crippen LogP contribution in [-0.4, -0.2) is 47.4 Å². The van der Waals surface area contributed by atoms with Gasteiger partial charge in [-0.05, 0) is 96.3 Å². The van der Waals surface area contributed by atoms with E-state index in [0.29, 0.717) is 19.4 Å². The van der Waals surface area contributed by atoms with Crippen LogP contribution in [0.25, 0.3) is 0 Å². The van der Waals surface area contributed by atoms with Crippen LogP contribution in [0.3, 0.4) is 0 Å². The minimum absolute atomic E-state index is 0.0226. The number of carbonyl (C=O) groups excluding carboxylic acids is 2. The van der Waals surface area contributed by atoms with Crippen molar-refractivity contribution in [2.75, 3.05) is 13.2 Å². The number of unbranched alkanes of at least 4 members (excludes halogenated alkanes) is 32. The molecule has 0 saturated carbocycles. The Balaban J connectivity index is 3.49. The topological polar surface area (TPSA) is 95.9 Å². The average molecular weight is 896 g/mol. The maximum atomic E-state index is 12.4. The van der Waals surface area contributed by atoms with Gasteiger partial charge in [0.05, 0.1) is 25.4 Å². The van der Waals surface area contributed by atoms with E-state index in [1.807, 2.05) is 6.08 Å². The monoisotopic (exact) mass is 896 g/mol. The van der Waals surface area contributed by atoms with Gasteiger partial charge in [-0.3, -0.25) is 9.59 Å². The molecule has 0 aromatic rings. The third-order valence-electron chi connectivity index (χ3n) is 12.3. The molecule has 0 fully saturated rings. The lowest BCUT2D eigenvalue weighted by molar-refractivity contribution is -0.143. The van der Waals surface area contributed by atoms with Gasteiger partial charge in [-0.15, -0.1) is 0 Å². The molecule has 3 N–H and O–H groups in total. The molecule has 2 atom stereocenters. The van der Waals surface area contributed by atoms with Crippen molar-refractivity contribution in [1.29, 1.82) is 0 Å². The number of ether oxygens (including phenoxy) is 1. The van der Waals surface area contributed by atoms with Gasteiger partial charge >= 0.3 is 5.97 Å². The van der Waals surface area contributed by atoms with Crippen LogP contribution in [0.1, 0.15) is 271 Å². The zero-order valence-electron chi connectivity index (χ0n) is 42.2. The van der Waals surface area contributed by atoms with Crippen molar-refractivity contribution < 1.29 is 24.5 Å². The first kappa shape index (κ1) is 61.6. The Labute approximate surface area is 397 Å². The van der Waals surface area contributed by atoms with E-state index in [1.54, 1.807) is 6.08 Å². The summed E-state index contributed by atoms with van der Waals surface area (Å²) in [5.74, 6) is -0.104. The van der Waals surface area contributed by atoms with E-state index in [1.165, 1.54) is 161 Å². The molecule has 0 radical (unpaired) electrons. The minimum Gasteiger partial charge on any atom is -0.466 e. The van der Waals surface area contributed by atoms with Gasteiger partial charge in [0.1, 0.15) is 0 Å². The maximum absolute atomic E-state index is 12.4. The summed E-state index contributed by atoms with van der Waals surface area (Å²) in [4.78, 5) is 24.4. The SMILES string of the molecule is CCCCCC/C=C\C/C=C\CCCCCCCCCC(=O)OCCCCC/C=C\C=C/CCCCCCCCCCCCC(=O)NC(CO)C(O)/C=C/CCCCCCCCCC. The van der Waals surface area contributed by atoms with Crippen molar-refractivity contribution in [3.8, 4) is 0 Å². The number of esters is 1. The lowest BCUT2D eigenvalue weighted by atomic mass is 10.0. The molecular formula is C58H105NO5. The van der Waals surface area contributed by atoms with Crippen LogP contribution in [0.4, 0.5) is 0 Å². The second-order valence-electron chi connectivity index (χ2n) is 18.6. The number of rotatable bonds is 50. The molecule has 64 heavy (non-hydrogen) atoms. The molecule has 6 heteroatoms. The van der Waals surface area contributed by atoms with Gasteiger partial charge in [-0.1, -0.05) is 222 Å². The van der Waals surface area contributed by atoms with Crippen molar-refractivity contribution in [1.82, 2.24) is 5.32 Å². The minimum atomic E-state index is -0.851. The summed E-state index contributed by atoms with van der Waals surface area (Å²) in [6.45, 7) is 4.81. The van der Waals surface area contributed by atoms with Crippen molar-refractivity contribution in [3.63, 3.8) is 0 Å². The van der Waals surface area contributed by atoms with E-state index >= 15 is 0 Å². The van der Waals surface area contributed by atoms with Gasteiger partial charge in [0.15, 0.2) is 0 Å². The highest BCUT2D eigenvalue weighted by atomic mass is 16.5. The zero-order chi connectivity index (χ0) is 46.5. The smallest absolute Gasteiger partial charge is 0.305 e. The highest BCUT2D eigenvalue weighted by Gasteiger charge is 2.18. The lowest BCUT2D eigenvalue weighted by Gasteiger charge is -2.20. The molecule has 0 aliphatic carbocycles. The Kier molecular flexibility index (Phi) is 51.2. The molecule has 1 amide bonds. The van der Waals surface area contributed by atoms with Crippen molar-refractivity contribution >= 4 is 11.9 Å². The fourth-order valence-corrected chi connectivity index (χ4v) is 8.01. The molecule has 0 heterocycles. The maximum Gasteiger partial charge on any atom is 0.305 e. The number of amides is 1. The van der Waals surface area contributed by atoms with Crippen molar-refractivity contribution in [2.45, 2.75) is 283 Å². The van der Waals surface area contributed by atoms with Crippen LogP contribution in [-0.2, 0) is 14.3 Å². The standard InChI is InChI=1S/C58H105NO5/c1-3-5-7-9-11-13-15-16-17-18-23-26-29-32-36-40-44-48-52-58(63)64-53-49-45-41-37-33-30-27-24-21-19-20-22-25-28-31-35-39-43-47-51-57(62)59-55(54-60)56(61)50-46-42-38-34-14-12-10-8-6-4-2/h13,15,17-18,24,27,30,33,46,50,55-56,60-61H,3-12,14,16,19-23,25-26,28-29,31-32,34-45,47-49,51-54H2,1-2H3,(H,59,62)/b15-13-,18-17-,27-24-,33-30-,50-46+. The molecule has 0 bridgehead atoms. The predicted molar refractivity (Wildman–Crippen MR) is 278 cm³/mol. The highest BCUT2D eigenvalue weighted by Crippen LogP contribution is 2.15. The Morgan fingerprint density at radius 3 is 1.30 bits per heavy atom. The third kappa shape index (κ3) is 49.0. The van der Waals surface area contributed by atoms with E-state index in [-0.39, 0.29) is 18.5 Å². The Morgan fingerprint density at radius 2 is 0.828 bits per heavy atom. The largest absolute Gasteiger partial charge is 0.466 e. The van der Waals surface area contributed by atoms with Crippen LogP contribution in [0, 0.1) is 0 Å². The van der Waals surface area contributed by atoms with Gasteiger partial charge in [-0.25, -0.2) is 0 Å². The van der Waals surface area contributed by atoms with Crippen molar-refractivity contribution in [2.24, 2.45) is 0 Å². The van der Waals surface area contributed by atoms with E-state index in [9.17, 15) is 19.8 Å². The summed E-state index contributed by atoms with van der Waals surface area (Å²) in [5, 5.41) is 22.9. The van der Waals surface area contributed by atoms with Gasteiger partial charge in [0.25, 0.3) is 0 Å². The number of allylic oxidation sites excluding steroid dienone is 9. The normalized spacial score (nSPS) is 13.1. The summed E-state index contributed by atoms with van der Waals surface area (Å²) in [6.07, 6.45) is 68.1. The van der Waals surface area contributed by atoms with E-state index in [2.05, 4.69) is 67.8 Å². The van der Waals surface area contributed by atoms with Crippen LogP contribution in [0.2, 0.25) is 0 Å². The van der Waals surface area contributed by atoms with E-state index in [0.717, 1.165) is 83.5 Å². The number of hydrogen-bond donors (Lipinski definition) is 3. The average Bonchev–Trinajstić information content (AvgIpc) is 3.29. The highest BCUT2D eigenvalue weighted by molar-refractivity contribution is 5.76. The Bertz CT molecular complexity index is 1130. The molecule has 6 nitrogen and oxygen atoms in total. The first-order valence-electron chi connectivity index (χ1n) is 27.6. The van der Waals surface area contributed by atoms with Gasteiger partial charge in [0.2, 0.25) is 5.91 Å². The quantitative estimate of drug-likeness (QED) is 0.0245. The molecular weight excluding hydrogens is 791 g/mol. The summed E-state index contributed by atoms with van der Waals surface area (Å²) in [6, 6.07) is -0.635. The molecule has 2 unspecified atom stereocenters. The fourth-order valence-electron chi connectivity index (χ4n) is 8.01. The Hall–Kier alpha value is -2.44. The number of aliphatic hydroxyl groups is 2. The number of hydrogen-bond acceptors (Lipinski definition) is 5. The van der Waals surface area contributed by atoms with Gasteiger partial charge in [-0.2, -0.15) is 0 Å². The third-order valence-corrected chi connectivity index (χ3v) is 12.3. The second kappa shape index (κ2) is 53.2. The molecule has 0 aliphatic rings. The van der Waals surface area contributed by atoms with Crippen LogP contribution in [0.5, 0.6) is 0 Å². The predicted octanol–water partition coefficient (Wildman–Crippen LogP) is 16.8. The molecule has 0 rings (SSSR count). The summed E-state index contributed by atoms with van der Waals surface area (Å²) in [7, 11) is 0. The summed E-state index contributed by atoms with van der Waals surface area (Å²) in [5.41, 5.74) is 0. The first-order valence-corrected chi connectivity index (χ1v) is 27.6. The van der Waals surface area contributed by atoms with Crippen LogP contribution < -0.4 is 5.32 Å². The van der Waals surface area contributed by atoms with Crippen molar-refractivity contribution in [3.05, 3.63) is 60.8 Å². The first-order chi connectivity index (χ1) is 31.5. The number of aliphatic hydroxyl groups excluding tert-OH is 2. The fraction of sp³-hybridized carbons (Fsp3) is 0.793. The van der Waals surface area contributed by atoms with E-state index in [4.69, 9.17) is 4.74 Å². The second-order valence-corrected chi connectivity index (χ2v) is 18.6. The van der Waals surface area contributed by atoms with Crippen LogP contribution >= 0.6 is 0 Å². The lowest BCUT2D eigenvalue weighted by Crippen LogP contribution is -2.45. The van der Waals surface area contributed by atoms with Crippen LogP contribution in [0.15, 0.2) is 60.8 Å². The summed E-state index contributed by atoms with van der Waals surface area (Å²) >= 11 is 0. The number of nitrogens with one attached hydrogen (secondary N) is 1. The molecule has 0 saturated heterocycles. The molecule has 0 aromatic heterocycles. The molecule has 0 aromatic carbocycles. The zero-order valence-corrected chi connectivity index (χ0v) is 42.2. The molecule has 0 spiro atoms. The summed E-state index contributed by atoms with van der Waals surface area (Å²) < 4.78 is 5.45. The molecule has 372 valence electrons. The van der Waals surface area contributed by atoms with Gasteiger partial charge in [0, 0.05) is 12.8 Å². The van der Waals surface area contributed by atoms with Gasteiger partial charge < -0.3 is 20.3 Å². The van der Waals surface area contributed by atoms with E-state index < -0.39 is 12.1 Å². The Morgan fingerprint density at radius 1 is 0.453 bits per heavy atom. The molecule has 0 aliphatic heterocycles.